The Kier molecular flexibility index (Phi) is 4.38. The Labute approximate surface area is 121 Å². The quantitative estimate of drug-likeness (QED) is 0.888. The first-order chi connectivity index (χ1) is 9.56. The Morgan fingerprint density at radius 1 is 1.15 bits per heavy atom. The lowest BCUT2D eigenvalue weighted by Gasteiger charge is -2.11. The number of ether oxygens (including phenoxy) is 1. The van der Waals surface area contributed by atoms with E-state index >= 15 is 0 Å². The minimum atomic E-state index is 0.854. The third-order valence-electron chi connectivity index (χ3n) is 3.90. The maximum Gasteiger partial charge on any atom is 0.119 e. The van der Waals surface area contributed by atoms with Crippen LogP contribution in [0.2, 0.25) is 0 Å². The largest absolute Gasteiger partial charge is 0.497 e. The van der Waals surface area contributed by atoms with Crippen LogP contribution in [0.1, 0.15) is 29.4 Å². The molecule has 108 valence electrons. The van der Waals surface area contributed by atoms with Gasteiger partial charge >= 0.3 is 0 Å². The van der Waals surface area contributed by atoms with Crippen molar-refractivity contribution in [1.29, 1.82) is 0 Å². The number of aryl methyl sites for hydroxylation is 2. The molecule has 3 nitrogen and oxygen atoms in total. The van der Waals surface area contributed by atoms with Crippen molar-refractivity contribution in [1.82, 2.24) is 4.57 Å². The summed E-state index contributed by atoms with van der Waals surface area (Å²) in [6.45, 7) is 10.5. The Morgan fingerprint density at radius 3 is 2.45 bits per heavy atom. The van der Waals surface area contributed by atoms with E-state index in [0.717, 1.165) is 24.5 Å². The van der Waals surface area contributed by atoms with Crippen molar-refractivity contribution < 1.29 is 4.74 Å². The van der Waals surface area contributed by atoms with Crippen LogP contribution in [0.15, 0.2) is 24.3 Å². The summed E-state index contributed by atoms with van der Waals surface area (Å²) in [6.07, 6.45) is 0. The van der Waals surface area contributed by atoms with Crippen LogP contribution in [0.25, 0.3) is 0 Å². The van der Waals surface area contributed by atoms with Gasteiger partial charge in [0.25, 0.3) is 0 Å². The van der Waals surface area contributed by atoms with Gasteiger partial charge in [-0.1, -0.05) is 0 Å². The molecule has 0 fully saturated rings. The minimum absolute atomic E-state index is 0.854. The average molecular weight is 272 g/mol. The van der Waals surface area contributed by atoms with E-state index in [-0.39, 0.29) is 0 Å². The van der Waals surface area contributed by atoms with Crippen LogP contribution in [0, 0.1) is 20.8 Å². The number of rotatable bonds is 5. The predicted molar refractivity (Wildman–Crippen MR) is 84.6 cm³/mol. The molecule has 20 heavy (non-hydrogen) atoms. The van der Waals surface area contributed by atoms with E-state index in [1.807, 2.05) is 6.07 Å². The Bertz CT molecular complexity index is 599. The second-order valence-corrected chi connectivity index (χ2v) is 5.18. The third-order valence-corrected chi connectivity index (χ3v) is 3.90. The van der Waals surface area contributed by atoms with Gasteiger partial charge in [-0.3, -0.25) is 0 Å². The summed E-state index contributed by atoms with van der Waals surface area (Å²) >= 11 is 0. The van der Waals surface area contributed by atoms with Gasteiger partial charge in [-0.15, -0.1) is 0 Å². The molecule has 1 N–H and O–H groups in total. The standard InChI is InChI=1S/C17H24N2O/c1-6-19-13(3)10-15(14(19)4)11-18-17-8-7-16(20-5)9-12(17)2/h7-10,18H,6,11H2,1-5H3. The maximum absolute atomic E-state index is 5.23. The van der Waals surface area contributed by atoms with Crippen molar-refractivity contribution in [2.24, 2.45) is 0 Å². The zero-order valence-electron chi connectivity index (χ0n) is 13.1. The van der Waals surface area contributed by atoms with E-state index in [1.165, 1.54) is 22.5 Å². The van der Waals surface area contributed by atoms with Crippen LogP contribution in [0.4, 0.5) is 5.69 Å². The summed E-state index contributed by atoms with van der Waals surface area (Å²) < 4.78 is 7.58. The Balaban J connectivity index is 2.13. The highest BCUT2D eigenvalue weighted by molar-refractivity contribution is 5.54. The zero-order chi connectivity index (χ0) is 14.7. The van der Waals surface area contributed by atoms with Gasteiger partial charge in [0.2, 0.25) is 0 Å². The summed E-state index contributed by atoms with van der Waals surface area (Å²) in [5.74, 6) is 0.900. The molecule has 0 aliphatic carbocycles. The van der Waals surface area contributed by atoms with Crippen molar-refractivity contribution in [3.8, 4) is 5.75 Å². The van der Waals surface area contributed by atoms with Crippen LogP contribution < -0.4 is 10.1 Å². The van der Waals surface area contributed by atoms with Crippen molar-refractivity contribution >= 4 is 5.69 Å². The molecule has 0 aliphatic heterocycles. The lowest BCUT2D eigenvalue weighted by atomic mass is 10.1. The van der Waals surface area contributed by atoms with Crippen LogP contribution >= 0.6 is 0 Å². The molecule has 0 spiro atoms. The molecule has 0 amide bonds. The van der Waals surface area contributed by atoms with Crippen molar-refractivity contribution in [3.05, 3.63) is 46.8 Å². The molecule has 0 atom stereocenters. The summed E-state index contributed by atoms with van der Waals surface area (Å²) in [7, 11) is 1.70. The average Bonchev–Trinajstić information content (AvgIpc) is 2.71. The maximum atomic E-state index is 5.23. The molecule has 1 aromatic carbocycles. The number of hydrogen-bond acceptors (Lipinski definition) is 2. The number of aromatic nitrogens is 1. The van der Waals surface area contributed by atoms with Crippen molar-refractivity contribution in [2.75, 3.05) is 12.4 Å². The molecule has 2 aromatic rings. The smallest absolute Gasteiger partial charge is 0.119 e. The topological polar surface area (TPSA) is 26.2 Å². The normalized spacial score (nSPS) is 10.7. The Hall–Kier alpha value is -1.90. The van der Waals surface area contributed by atoms with Gasteiger partial charge in [0.05, 0.1) is 7.11 Å². The second kappa shape index (κ2) is 6.04. The minimum Gasteiger partial charge on any atom is -0.497 e. The molecule has 0 unspecified atom stereocenters. The van der Waals surface area contributed by atoms with Crippen LogP contribution in [-0.4, -0.2) is 11.7 Å². The second-order valence-electron chi connectivity index (χ2n) is 5.18. The molecular formula is C17H24N2O. The van der Waals surface area contributed by atoms with Crippen LogP contribution in [0.3, 0.4) is 0 Å². The van der Waals surface area contributed by atoms with Gasteiger partial charge in [0.1, 0.15) is 5.75 Å². The third kappa shape index (κ3) is 2.82. The van der Waals surface area contributed by atoms with E-state index in [1.54, 1.807) is 7.11 Å². The summed E-state index contributed by atoms with van der Waals surface area (Å²) in [4.78, 5) is 0. The molecule has 0 aliphatic rings. The fraction of sp³-hybridized carbons (Fsp3) is 0.412. The first-order valence-electron chi connectivity index (χ1n) is 7.11. The molecular weight excluding hydrogens is 248 g/mol. The number of methoxy groups -OCH3 is 1. The SMILES string of the molecule is CCn1c(C)cc(CNc2ccc(OC)cc2C)c1C. The highest BCUT2D eigenvalue weighted by Crippen LogP contribution is 2.22. The number of anilines is 1. The molecule has 0 saturated carbocycles. The molecule has 0 radical (unpaired) electrons. The van der Waals surface area contributed by atoms with Gasteiger partial charge in [-0.25, -0.2) is 0 Å². The van der Waals surface area contributed by atoms with Crippen LogP contribution in [0.5, 0.6) is 5.75 Å². The fourth-order valence-electron chi connectivity index (χ4n) is 2.69. The Morgan fingerprint density at radius 2 is 1.90 bits per heavy atom. The monoisotopic (exact) mass is 272 g/mol. The van der Waals surface area contributed by atoms with Gasteiger partial charge < -0.3 is 14.6 Å². The van der Waals surface area contributed by atoms with Gasteiger partial charge in [-0.2, -0.15) is 0 Å². The first kappa shape index (κ1) is 14.5. The van der Waals surface area contributed by atoms with E-state index in [2.05, 4.69) is 55.8 Å². The number of benzene rings is 1. The molecule has 0 saturated heterocycles. The number of nitrogens with one attached hydrogen (secondary N) is 1. The zero-order valence-corrected chi connectivity index (χ0v) is 13.1. The van der Waals surface area contributed by atoms with Crippen LogP contribution in [-0.2, 0) is 13.1 Å². The van der Waals surface area contributed by atoms with E-state index < -0.39 is 0 Å². The van der Waals surface area contributed by atoms with E-state index in [9.17, 15) is 0 Å². The summed E-state index contributed by atoms with van der Waals surface area (Å²) in [5, 5.41) is 3.52. The molecule has 3 heteroatoms. The highest BCUT2D eigenvalue weighted by atomic mass is 16.5. The molecule has 0 bridgehead atoms. The fourth-order valence-corrected chi connectivity index (χ4v) is 2.69. The lowest BCUT2D eigenvalue weighted by Crippen LogP contribution is -2.04. The summed E-state index contributed by atoms with van der Waals surface area (Å²) in [5.41, 5.74) is 6.40. The summed E-state index contributed by atoms with van der Waals surface area (Å²) in [6, 6.07) is 8.39. The highest BCUT2D eigenvalue weighted by Gasteiger charge is 2.08. The van der Waals surface area contributed by atoms with Crippen molar-refractivity contribution in [3.63, 3.8) is 0 Å². The number of hydrogen-bond donors (Lipinski definition) is 1. The lowest BCUT2D eigenvalue weighted by molar-refractivity contribution is 0.414. The molecule has 1 aromatic heterocycles. The predicted octanol–water partition coefficient (Wildman–Crippen LogP) is 4.05. The van der Waals surface area contributed by atoms with E-state index in [4.69, 9.17) is 4.74 Å². The van der Waals surface area contributed by atoms with E-state index in [0.29, 0.717) is 0 Å². The van der Waals surface area contributed by atoms with Gasteiger partial charge in [0, 0.05) is 30.2 Å². The molecule has 2 rings (SSSR count). The van der Waals surface area contributed by atoms with Gasteiger partial charge in [-0.05, 0) is 63.1 Å². The van der Waals surface area contributed by atoms with Crippen molar-refractivity contribution in [2.45, 2.75) is 40.8 Å². The number of nitrogens with zero attached hydrogens (tertiary/aromatic N) is 1. The molecule has 1 heterocycles. The first-order valence-corrected chi connectivity index (χ1v) is 7.11. The van der Waals surface area contributed by atoms with Gasteiger partial charge in [0.15, 0.2) is 0 Å².